The van der Waals surface area contributed by atoms with Crippen molar-refractivity contribution in [2.75, 3.05) is 19.0 Å². The Morgan fingerprint density at radius 1 is 0.917 bits per heavy atom. The van der Waals surface area contributed by atoms with Gasteiger partial charge in [-0.25, -0.2) is 0 Å². The minimum atomic E-state index is -0.974. The van der Waals surface area contributed by atoms with E-state index in [9.17, 15) is 15.3 Å². The second kappa shape index (κ2) is 15.8. The summed E-state index contributed by atoms with van der Waals surface area (Å²) in [5.41, 5.74) is -0.412. The van der Waals surface area contributed by atoms with E-state index < -0.39 is 28.3 Å². The number of hydrogen-bond donors (Lipinski definition) is 3. The van der Waals surface area contributed by atoms with Gasteiger partial charge in [-0.15, -0.1) is 11.8 Å². The van der Waals surface area contributed by atoms with Gasteiger partial charge in [-0.3, -0.25) is 0 Å². The van der Waals surface area contributed by atoms with Crippen LogP contribution in [0, 0.1) is 5.92 Å². The van der Waals surface area contributed by atoms with Gasteiger partial charge in [0.1, 0.15) is 11.0 Å². The molecule has 5 heterocycles. The highest BCUT2D eigenvalue weighted by molar-refractivity contribution is 8.00. The van der Waals surface area contributed by atoms with E-state index in [2.05, 4.69) is 32.9 Å². The van der Waals surface area contributed by atoms with Crippen LogP contribution in [0.4, 0.5) is 0 Å². The van der Waals surface area contributed by atoms with Crippen molar-refractivity contribution in [1.82, 2.24) is 0 Å². The van der Waals surface area contributed by atoms with Crippen molar-refractivity contribution in [1.29, 1.82) is 0 Å². The highest BCUT2D eigenvalue weighted by atomic mass is 32.2. The van der Waals surface area contributed by atoms with E-state index in [1.54, 1.807) is 11.8 Å². The smallest absolute Gasteiger partial charge is 0.140 e. The first kappa shape index (κ1) is 37.0. The molecule has 0 aromatic heterocycles. The number of aliphatic hydroxyl groups excluding tert-OH is 2. The number of hydrogen-bond acceptors (Lipinski definition) is 10. The molecule has 0 bridgehead atoms. The Hall–Kier alpha value is -0.790. The van der Waals surface area contributed by atoms with E-state index in [-0.39, 0.29) is 49.3 Å². The van der Waals surface area contributed by atoms with Crippen LogP contribution < -0.4 is 0 Å². The third-order valence-electron chi connectivity index (χ3n) is 11.7. The molecule has 6 rings (SSSR count). The van der Waals surface area contributed by atoms with E-state index in [1.807, 2.05) is 25.1 Å². The molecular weight excluding hydrogens is 632 g/mol. The van der Waals surface area contributed by atoms with Gasteiger partial charge in [-0.2, -0.15) is 0 Å². The van der Waals surface area contributed by atoms with Crippen molar-refractivity contribution in [2.24, 2.45) is 5.92 Å². The number of benzene rings is 1. The molecule has 0 unspecified atom stereocenters. The first-order valence-electron chi connectivity index (χ1n) is 18.6. The Morgan fingerprint density at radius 2 is 1.67 bits per heavy atom. The van der Waals surface area contributed by atoms with Crippen LogP contribution in [0.3, 0.4) is 0 Å². The van der Waals surface area contributed by atoms with Crippen LogP contribution in [0.2, 0.25) is 0 Å². The largest absolute Gasteiger partial charge is 0.396 e. The fraction of sp³-hybridized carbons (Fsp3) is 0.842. The summed E-state index contributed by atoms with van der Waals surface area (Å²) in [6, 6.07) is 10.3. The lowest BCUT2D eigenvalue weighted by molar-refractivity contribution is -0.256. The second-order valence-corrected chi connectivity index (χ2v) is 17.0. The van der Waals surface area contributed by atoms with Gasteiger partial charge in [0.25, 0.3) is 0 Å². The summed E-state index contributed by atoms with van der Waals surface area (Å²) >= 11 is 1.77. The van der Waals surface area contributed by atoms with Crippen molar-refractivity contribution in [3.8, 4) is 0 Å². The maximum atomic E-state index is 11.8. The molecule has 3 N–H and O–H groups in total. The second-order valence-electron chi connectivity index (χ2n) is 15.5. The fourth-order valence-corrected chi connectivity index (χ4v) is 10.2. The molecule has 5 aliphatic rings. The summed E-state index contributed by atoms with van der Waals surface area (Å²) < 4.78 is 40.4. The zero-order valence-corrected chi connectivity index (χ0v) is 30.3. The summed E-state index contributed by atoms with van der Waals surface area (Å²) in [5, 5.41) is 32.6. The van der Waals surface area contributed by atoms with E-state index >= 15 is 0 Å². The molecule has 5 fully saturated rings. The van der Waals surface area contributed by atoms with Crippen LogP contribution >= 0.6 is 11.8 Å². The van der Waals surface area contributed by atoms with Gasteiger partial charge in [0, 0.05) is 26.1 Å². The van der Waals surface area contributed by atoms with Crippen molar-refractivity contribution in [3.05, 3.63) is 35.9 Å². The first-order valence-corrected chi connectivity index (χ1v) is 19.6. The van der Waals surface area contributed by atoms with Crippen molar-refractivity contribution >= 4 is 11.8 Å². The first-order chi connectivity index (χ1) is 23.1. The summed E-state index contributed by atoms with van der Waals surface area (Å²) in [6.45, 7) is 9.74. The van der Waals surface area contributed by atoms with Crippen LogP contribution in [0.25, 0.3) is 0 Å². The Kier molecular flexibility index (Phi) is 12.2. The zero-order chi connectivity index (χ0) is 33.9. The standard InChI is InChI=1S/C38H60O9S/c1-5-48-38-18-16-30-29(15-17-36(3,41)32(43-30)14-9-19-39)44-34(38)22-31-35(47-38)27(40)23-37(4)33(45-31)21-25(2)28(46-37)13-10-20-42-24-26-11-7-6-8-12-26/h6-8,11-12,25,27-35,39-41H,5,9-10,13-24H2,1-4H3/t25-,27-,28-,29+,30-,31+,32+,33-,34-,35-,36-,37+,38-/m0/s1. The molecule has 0 amide bonds. The normalized spacial score (nSPS) is 44.6. The summed E-state index contributed by atoms with van der Waals surface area (Å²) in [6.07, 6.45) is 5.18. The van der Waals surface area contributed by atoms with Crippen molar-refractivity contribution in [3.63, 3.8) is 0 Å². The molecule has 0 saturated carbocycles. The monoisotopic (exact) mass is 692 g/mol. The van der Waals surface area contributed by atoms with Crippen LogP contribution in [-0.2, 0) is 35.0 Å². The molecule has 48 heavy (non-hydrogen) atoms. The van der Waals surface area contributed by atoms with Crippen LogP contribution in [-0.4, -0.2) is 105 Å². The molecule has 10 heteroatoms. The van der Waals surface area contributed by atoms with Gasteiger partial charge in [0.15, 0.2) is 0 Å². The quantitative estimate of drug-likeness (QED) is 0.255. The molecule has 1 aromatic carbocycles. The van der Waals surface area contributed by atoms with Crippen LogP contribution in [0.15, 0.2) is 30.3 Å². The van der Waals surface area contributed by atoms with E-state index in [0.717, 1.165) is 37.9 Å². The summed E-state index contributed by atoms with van der Waals surface area (Å²) in [4.78, 5) is -0.619. The molecule has 5 saturated heterocycles. The maximum Gasteiger partial charge on any atom is 0.140 e. The molecule has 0 spiro atoms. The predicted octanol–water partition coefficient (Wildman–Crippen LogP) is 5.54. The minimum absolute atomic E-state index is 0.0745. The molecule has 13 atom stereocenters. The van der Waals surface area contributed by atoms with E-state index in [0.29, 0.717) is 57.7 Å². The minimum Gasteiger partial charge on any atom is -0.396 e. The molecule has 0 aliphatic carbocycles. The summed E-state index contributed by atoms with van der Waals surface area (Å²) in [5.74, 6) is 1.17. The number of ether oxygens (including phenoxy) is 6. The lowest BCUT2D eigenvalue weighted by Crippen LogP contribution is -2.59. The van der Waals surface area contributed by atoms with Crippen LogP contribution in [0.1, 0.15) is 104 Å². The van der Waals surface area contributed by atoms with Gasteiger partial charge < -0.3 is 43.7 Å². The Morgan fingerprint density at radius 3 is 2.44 bits per heavy atom. The number of aliphatic hydroxyl groups is 3. The predicted molar refractivity (Wildman–Crippen MR) is 185 cm³/mol. The average molecular weight is 693 g/mol. The average Bonchev–Trinajstić information content (AvgIpc) is 3.32. The molecular formula is C38H60O9S. The van der Waals surface area contributed by atoms with Gasteiger partial charge >= 0.3 is 0 Å². The maximum absolute atomic E-state index is 11.8. The lowest BCUT2D eigenvalue weighted by Gasteiger charge is -2.50. The van der Waals surface area contributed by atoms with Gasteiger partial charge in [-0.1, -0.05) is 44.2 Å². The third-order valence-corrected chi connectivity index (χ3v) is 13.0. The van der Waals surface area contributed by atoms with Crippen molar-refractivity contribution in [2.45, 2.75) is 176 Å². The fourth-order valence-electron chi connectivity index (χ4n) is 8.93. The molecule has 272 valence electrons. The summed E-state index contributed by atoms with van der Waals surface area (Å²) in [7, 11) is 0. The van der Waals surface area contributed by atoms with Gasteiger partial charge in [-0.05, 0) is 88.9 Å². The Balaban J connectivity index is 1.12. The highest BCUT2D eigenvalue weighted by Crippen LogP contribution is 2.52. The van der Waals surface area contributed by atoms with E-state index in [1.165, 1.54) is 5.56 Å². The van der Waals surface area contributed by atoms with Crippen molar-refractivity contribution < 1.29 is 43.7 Å². The Bertz CT molecular complexity index is 1160. The van der Waals surface area contributed by atoms with E-state index in [4.69, 9.17) is 28.4 Å². The third kappa shape index (κ3) is 8.14. The molecule has 0 radical (unpaired) electrons. The topological polar surface area (TPSA) is 116 Å². The van der Waals surface area contributed by atoms with Gasteiger partial charge in [0.05, 0.1) is 66.6 Å². The number of fused-ring (bicyclic) bond motifs is 4. The Labute approximate surface area is 291 Å². The highest BCUT2D eigenvalue weighted by Gasteiger charge is 2.60. The SMILES string of the molecule is CCS[C@@]12CC[C@@H]3O[C@H](CCCO)[C@@](C)(O)CC[C@H]3O[C@H]1C[C@H]1O[C@H]3C[C@H](C)[C@H](CCCOCc4ccccc4)O[C@]3(C)C[C@H](O)[C@@H]1O2. The van der Waals surface area contributed by atoms with Crippen LogP contribution in [0.5, 0.6) is 0 Å². The zero-order valence-electron chi connectivity index (χ0n) is 29.5. The number of thioether (sulfide) groups is 1. The van der Waals surface area contributed by atoms with Gasteiger partial charge in [0.2, 0.25) is 0 Å². The molecule has 5 aliphatic heterocycles. The lowest BCUT2D eigenvalue weighted by atomic mass is 9.80. The number of rotatable bonds is 11. The molecule has 1 aromatic rings. The molecule has 9 nitrogen and oxygen atoms in total.